The second-order valence-corrected chi connectivity index (χ2v) is 3.46. The summed E-state index contributed by atoms with van der Waals surface area (Å²) in [5, 5.41) is 1.19. The highest BCUT2D eigenvalue weighted by atomic mass is 14.7. The lowest BCUT2D eigenvalue weighted by Gasteiger charge is -2.06. The second kappa shape index (κ2) is 3.66. The van der Waals surface area contributed by atoms with Crippen LogP contribution in [0.5, 0.6) is 0 Å². The van der Waals surface area contributed by atoms with Crippen LogP contribution in [0.2, 0.25) is 0 Å². The maximum absolute atomic E-state index is 5.86. The van der Waals surface area contributed by atoms with Crippen molar-refractivity contribution in [1.82, 2.24) is 4.98 Å². The van der Waals surface area contributed by atoms with E-state index >= 15 is 0 Å². The molecule has 2 aromatic rings. The first-order chi connectivity index (χ1) is 6.83. The summed E-state index contributed by atoms with van der Waals surface area (Å²) in [6.45, 7) is 2.18. The van der Waals surface area contributed by atoms with Gasteiger partial charge in [0.05, 0.1) is 11.2 Å². The lowest BCUT2D eigenvalue weighted by atomic mass is 10.0. The Morgan fingerprint density at radius 2 is 2.14 bits per heavy atom. The molecular weight excluding hydrogens is 172 g/mol. The highest BCUT2D eigenvalue weighted by Gasteiger charge is 2.03. The number of aromatic nitrogens is 1. The zero-order valence-electron chi connectivity index (χ0n) is 8.33. The first-order valence-electron chi connectivity index (χ1n) is 4.95. The van der Waals surface area contributed by atoms with Crippen LogP contribution in [-0.4, -0.2) is 4.98 Å². The van der Waals surface area contributed by atoms with E-state index in [1.807, 2.05) is 12.1 Å². The summed E-state index contributed by atoms with van der Waals surface area (Å²) in [6.07, 6.45) is 4.02. The predicted molar refractivity (Wildman–Crippen MR) is 60.2 cm³/mol. The SMILES string of the molecule is CCCc1ccc(N)c2ncccc12. The first kappa shape index (κ1) is 9.00. The quantitative estimate of drug-likeness (QED) is 0.732. The van der Waals surface area contributed by atoms with Gasteiger partial charge in [-0.05, 0) is 24.1 Å². The molecule has 0 saturated heterocycles. The highest BCUT2D eigenvalue weighted by Crippen LogP contribution is 2.23. The molecule has 14 heavy (non-hydrogen) atoms. The number of nitrogens with zero attached hydrogens (tertiary/aromatic N) is 1. The molecule has 1 aromatic heterocycles. The molecule has 0 saturated carbocycles. The van der Waals surface area contributed by atoms with Crippen LogP contribution >= 0.6 is 0 Å². The average molecular weight is 186 g/mol. The molecule has 0 atom stereocenters. The van der Waals surface area contributed by atoms with Gasteiger partial charge in [-0.25, -0.2) is 0 Å². The Morgan fingerprint density at radius 1 is 1.29 bits per heavy atom. The van der Waals surface area contributed by atoms with Crippen molar-refractivity contribution in [1.29, 1.82) is 0 Å². The topological polar surface area (TPSA) is 38.9 Å². The summed E-state index contributed by atoms with van der Waals surface area (Å²) in [5.74, 6) is 0. The Kier molecular flexibility index (Phi) is 2.35. The minimum absolute atomic E-state index is 0.764. The summed E-state index contributed by atoms with van der Waals surface area (Å²) in [4.78, 5) is 4.30. The molecule has 0 radical (unpaired) electrons. The Labute approximate surface area is 83.8 Å². The average Bonchev–Trinajstić information content (AvgIpc) is 2.23. The summed E-state index contributed by atoms with van der Waals surface area (Å²) in [5.41, 5.74) is 8.89. The van der Waals surface area contributed by atoms with Gasteiger partial charge in [-0.3, -0.25) is 4.98 Å². The number of rotatable bonds is 2. The monoisotopic (exact) mass is 186 g/mol. The molecule has 0 unspecified atom stereocenters. The third kappa shape index (κ3) is 1.43. The van der Waals surface area contributed by atoms with Gasteiger partial charge >= 0.3 is 0 Å². The van der Waals surface area contributed by atoms with E-state index in [1.165, 1.54) is 10.9 Å². The van der Waals surface area contributed by atoms with Gasteiger partial charge in [-0.2, -0.15) is 0 Å². The van der Waals surface area contributed by atoms with Crippen molar-refractivity contribution in [3.63, 3.8) is 0 Å². The smallest absolute Gasteiger partial charge is 0.0933 e. The normalized spacial score (nSPS) is 10.6. The van der Waals surface area contributed by atoms with E-state index in [1.54, 1.807) is 6.20 Å². The van der Waals surface area contributed by atoms with E-state index < -0.39 is 0 Å². The third-order valence-electron chi connectivity index (χ3n) is 2.41. The van der Waals surface area contributed by atoms with E-state index in [-0.39, 0.29) is 0 Å². The zero-order chi connectivity index (χ0) is 9.97. The molecule has 0 aliphatic rings. The van der Waals surface area contributed by atoms with Crippen LogP contribution in [0, 0.1) is 0 Å². The minimum atomic E-state index is 0.764. The van der Waals surface area contributed by atoms with Gasteiger partial charge in [0.2, 0.25) is 0 Å². The molecule has 0 fully saturated rings. The molecule has 0 amide bonds. The summed E-state index contributed by atoms with van der Waals surface area (Å²) in [7, 11) is 0. The molecule has 1 aromatic carbocycles. The van der Waals surface area contributed by atoms with Crippen LogP contribution in [0.3, 0.4) is 0 Å². The zero-order valence-corrected chi connectivity index (χ0v) is 8.33. The van der Waals surface area contributed by atoms with Crippen LogP contribution in [-0.2, 0) is 6.42 Å². The van der Waals surface area contributed by atoms with Crippen molar-refractivity contribution >= 4 is 16.6 Å². The van der Waals surface area contributed by atoms with Gasteiger partial charge in [-0.15, -0.1) is 0 Å². The molecule has 0 aliphatic heterocycles. The van der Waals surface area contributed by atoms with E-state index in [2.05, 4.69) is 24.0 Å². The molecule has 1 heterocycles. The fourth-order valence-electron chi connectivity index (χ4n) is 1.74. The van der Waals surface area contributed by atoms with E-state index in [9.17, 15) is 0 Å². The van der Waals surface area contributed by atoms with Crippen molar-refractivity contribution in [3.8, 4) is 0 Å². The van der Waals surface area contributed by atoms with Crippen molar-refractivity contribution in [3.05, 3.63) is 36.0 Å². The predicted octanol–water partition coefficient (Wildman–Crippen LogP) is 2.77. The van der Waals surface area contributed by atoms with Gasteiger partial charge in [0.25, 0.3) is 0 Å². The standard InChI is InChI=1S/C12H14N2/c1-2-4-9-6-7-11(13)12-10(9)5-3-8-14-12/h3,5-8H,2,4,13H2,1H3. The molecule has 2 heteroatoms. The van der Waals surface area contributed by atoms with E-state index in [4.69, 9.17) is 5.73 Å². The van der Waals surface area contributed by atoms with E-state index in [0.29, 0.717) is 0 Å². The number of hydrogen-bond donors (Lipinski definition) is 1. The highest BCUT2D eigenvalue weighted by molar-refractivity contribution is 5.91. The van der Waals surface area contributed by atoms with Crippen molar-refractivity contribution in [2.45, 2.75) is 19.8 Å². The molecule has 2 N–H and O–H groups in total. The Bertz CT molecular complexity index is 449. The number of fused-ring (bicyclic) bond motifs is 1. The second-order valence-electron chi connectivity index (χ2n) is 3.46. The lowest BCUT2D eigenvalue weighted by molar-refractivity contribution is 0.929. The van der Waals surface area contributed by atoms with Crippen molar-refractivity contribution in [2.24, 2.45) is 0 Å². The van der Waals surface area contributed by atoms with Crippen LogP contribution in [0.25, 0.3) is 10.9 Å². The molecular formula is C12H14N2. The van der Waals surface area contributed by atoms with Gasteiger partial charge in [-0.1, -0.05) is 25.5 Å². The lowest BCUT2D eigenvalue weighted by Crippen LogP contribution is -1.93. The Balaban J connectivity index is 2.68. The largest absolute Gasteiger partial charge is 0.397 e. The maximum atomic E-state index is 5.86. The maximum Gasteiger partial charge on any atom is 0.0933 e. The van der Waals surface area contributed by atoms with Gasteiger partial charge in [0.15, 0.2) is 0 Å². The number of benzene rings is 1. The Hall–Kier alpha value is -1.57. The third-order valence-corrected chi connectivity index (χ3v) is 2.41. The number of nitrogen functional groups attached to an aromatic ring is 1. The summed E-state index contributed by atoms with van der Waals surface area (Å²) < 4.78 is 0. The number of aryl methyl sites for hydroxylation is 1. The molecule has 2 nitrogen and oxygen atoms in total. The van der Waals surface area contributed by atoms with Gasteiger partial charge in [0, 0.05) is 11.6 Å². The van der Waals surface area contributed by atoms with E-state index in [0.717, 1.165) is 24.0 Å². The first-order valence-corrected chi connectivity index (χ1v) is 4.95. The number of nitrogens with two attached hydrogens (primary N) is 1. The molecule has 0 aliphatic carbocycles. The minimum Gasteiger partial charge on any atom is -0.397 e. The molecule has 0 spiro atoms. The molecule has 2 rings (SSSR count). The summed E-state index contributed by atoms with van der Waals surface area (Å²) in [6, 6.07) is 8.09. The molecule has 72 valence electrons. The van der Waals surface area contributed by atoms with Gasteiger partial charge in [0.1, 0.15) is 0 Å². The van der Waals surface area contributed by atoms with Gasteiger partial charge < -0.3 is 5.73 Å². The number of pyridine rings is 1. The van der Waals surface area contributed by atoms with Crippen LogP contribution in [0.4, 0.5) is 5.69 Å². The van der Waals surface area contributed by atoms with Crippen LogP contribution in [0.15, 0.2) is 30.5 Å². The Morgan fingerprint density at radius 3 is 2.93 bits per heavy atom. The molecule has 0 bridgehead atoms. The van der Waals surface area contributed by atoms with Crippen LogP contribution < -0.4 is 5.73 Å². The fraction of sp³-hybridized carbons (Fsp3) is 0.250. The fourth-order valence-corrected chi connectivity index (χ4v) is 1.74. The van der Waals surface area contributed by atoms with Crippen molar-refractivity contribution < 1.29 is 0 Å². The van der Waals surface area contributed by atoms with Crippen molar-refractivity contribution in [2.75, 3.05) is 5.73 Å². The number of hydrogen-bond acceptors (Lipinski definition) is 2. The number of anilines is 1. The van der Waals surface area contributed by atoms with Crippen LogP contribution in [0.1, 0.15) is 18.9 Å². The summed E-state index contributed by atoms with van der Waals surface area (Å²) >= 11 is 0.